The molecule has 3 heterocycles. The summed E-state index contributed by atoms with van der Waals surface area (Å²) in [6.07, 6.45) is -1.50. The monoisotopic (exact) mass is 652 g/mol. The van der Waals surface area contributed by atoms with E-state index in [1.807, 2.05) is 41.5 Å². The van der Waals surface area contributed by atoms with Gasteiger partial charge in [-0.25, -0.2) is 13.8 Å². The van der Waals surface area contributed by atoms with E-state index < -0.39 is 54.2 Å². The van der Waals surface area contributed by atoms with Gasteiger partial charge in [-0.05, 0) is 45.1 Å². The Morgan fingerprint density at radius 2 is 1.86 bits per heavy atom. The normalized spacial score (nSPS) is 26.1. The molecular formula is C24H31FIN2O8P. The summed E-state index contributed by atoms with van der Waals surface area (Å²) < 4.78 is 52.7. The first-order valence-electron chi connectivity index (χ1n) is 11.8. The lowest BCUT2D eigenvalue weighted by Gasteiger charge is -2.33. The van der Waals surface area contributed by atoms with E-state index in [1.54, 1.807) is 28.7 Å². The number of aliphatic hydroxyl groups is 1. The number of aromatic nitrogens is 2. The van der Waals surface area contributed by atoms with Gasteiger partial charge in [-0.2, -0.15) is 0 Å². The van der Waals surface area contributed by atoms with Gasteiger partial charge in [0.25, 0.3) is 5.56 Å². The molecule has 0 unspecified atom stereocenters. The Kier molecular flexibility index (Phi) is 7.59. The summed E-state index contributed by atoms with van der Waals surface area (Å²) >= 11 is 1.79. The number of ether oxygens (including phenoxy) is 1. The number of aromatic amines is 1. The molecule has 1 saturated heterocycles. The molecule has 1 aromatic heterocycles. The quantitative estimate of drug-likeness (QED) is 0.371. The molecule has 4 atom stereocenters. The fraction of sp³-hybridized carbons (Fsp3) is 0.583. The molecule has 0 amide bonds. The first-order chi connectivity index (χ1) is 17.0. The maximum atomic E-state index is 15.4. The summed E-state index contributed by atoms with van der Waals surface area (Å²) in [4.78, 5) is 26.0. The van der Waals surface area contributed by atoms with Crippen molar-refractivity contribution in [2.75, 3.05) is 6.61 Å². The molecule has 204 valence electrons. The van der Waals surface area contributed by atoms with Crippen molar-refractivity contribution in [3.05, 3.63) is 59.2 Å². The Hall–Kier alpha value is -1.57. The number of nitrogens with one attached hydrogen (secondary N) is 1. The van der Waals surface area contributed by atoms with E-state index in [0.717, 1.165) is 0 Å². The number of aliphatic hydroxyl groups excluding tert-OH is 1. The minimum Gasteiger partial charge on any atom is -0.403 e. The number of rotatable bonds is 4. The second-order valence-electron chi connectivity index (χ2n) is 11.3. The lowest BCUT2D eigenvalue weighted by molar-refractivity contribution is -0.0470. The number of hydrogen-bond donors (Lipinski definition) is 2. The van der Waals surface area contributed by atoms with Crippen LogP contribution in [0.15, 0.2) is 21.9 Å². The average Bonchev–Trinajstić information content (AvgIpc) is 3.13. The highest BCUT2D eigenvalue weighted by Gasteiger charge is 2.43. The van der Waals surface area contributed by atoms with Gasteiger partial charge in [0.05, 0.1) is 28.5 Å². The molecule has 4 rings (SSSR count). The fourth-order valence-corrected chi connectivity index (χ4v) is 5.92. The number of benzene rings is 1. The largest absolute Gasteiger partial charge is 0.530 e. The molecular weight excluding hydrogens is 621 g/mol. The van der Waals surface area contributed by atoms with E-state index in [2.05, 4.69) is 4.98 Å². The van der Waals surface area contributed by atoms with Crippen molar-refractivity contribution in [2.45, 2.75) is 83.8 Å². The van der Waals surface area contributed by atoms with Crippen molar-refractivity contribution in [1.82, 2.24) is 9.55 Å². The fourth-order valence-electron chi connectivity index (χ4n) is 4.25. The number of fused-ring (bicyclic) bond motifs is 1. The summed E-state index contributed by atoms with van der Waals surface area (Å²) in [5.74, 6) is -0.340. The maximum Gasteiger partial charge on any atom is 0.530 e. The van der Waals surface area contributed by atoms with Gasteiger partial charge in [-0.1, -0.05) is 41.5 Å². The van der Waals surface area contributed by atoms with Crippen molar-refractivity contribution < 1.29 is 32.4 Å². The topological polar surface area (TPSA) is 129 Å². The third-order valence-electron chi connectivity index (χ3n) is 6.33. The molecule has 2 aliphatic heterocycles. The van der Waals surface area contributed by atoms with Crippen LogP contribution in [0, 0.1) is 9.39 Å². The first kappa shape index (κ1) is 28.4. The van der Waals surface area contributed by atoms with Crippen molar-refractivity contribution in [2.24, 2.45) is 0 Å². The zero-order valence-electron chi connectivity index (χ0n) is 21.5. The summed E-state index contributed by atoms with van der Waals surface area (Å²) in [5.41, 5.74) is -0.789. The highest BCUT2D eigenvalue weighted by Crippen LogP contribution is 2.58. The molecule has 0 spiro atoms. The van der Waals surface area contributed by atoms with Crippen LogP contribution in [0.25, 0.3) is 0 Å². The summed E-state index contributed by atoms with van der Waals surface area (Å²) in [5, 5.41) is 10.5. The van der Waals surface area contributed by atoms with Gasteiger partial charge in [-0.15, -0.1) is 0 Å². The Morgan fingerprint density at radius 3 is 2.49 bits per heavy atom. The van der Waals surface area contributed by atoms with Crippen molar-refractivity contribution in [3.8, 4) is 5.75 Å². The molecule has 1 aromatic carbocycles. The molecule has 1 fully saturated rings. The SMILES string of the molecule is CC(C)(C)c1cc(C(C)(C)C)c2c(c1F)CO[P@@](=O)(OC[C@H]1O[C@@H](n3cc(I)c(=O)[nH]c3=O)C[C@@H]1O)O2. The third-order valence-corrected chi connectivity index (χ3v) is 8.42. The van der Waals surface area contributed by atoms with Crippen molar-refractivity contribution in [3.63, 3.8) is 0 Å². The molecule has 0 bridgehead atoms. The third kappa shape index (κ3) is 5.74. The molecule has 0 saturated carbocycles. The smallest absolute Gasteiger partial charge is 0.403 e. The Bertz CT molecular complexity index is 1380. The van der Waals surface area contributed by atoms with Crippen molar-refractivity contribution in [1.29, 1.82) is 0 Å². The number of nitrogens with zero attached hydrogens (tertiary/aromatic N) is 1. The van der Waals surface area contributed by atoms with E-state index in [1.165, 1.54) is 10.8 Å². The molecule has 2 aromatic rings. The average molecular weight is 652 g/mol. The summed E-state index contributed by atoms with van der Waals surface area (Å²) in [7, 11) is -4.19. The number of H-pyrrole nitrogens is 1. The highest BCUT2D eigenvalue weighted by molar-refractivity contribution is 14.1. The lowest BCUT2D eigenvalue weighted by Crippen LogP contribution is -2.33. The standard InChI is InChI=1S/C24H31FIN2O8P/c1-23(2,3)13-7-14(24(4,5)6)20-12(19(13)25)10-33-37(32,36-20)34-11-17-16(29)8-18(35-17)28-9-15(26)21(30)27-22(28)31/h7,9,16-18,29H,8,10-11H2,1-6H3,(H,27,30,31)/t16-,17+,18+,37-/m0/s1. The van der Waals surface area contributed by atoms with Gasteiger partial charge in [0.2, 0.25) is 0 Å². The van der Waals surface area contributed by atoms with Crippen LogP contribution >= 0.6 is 30.4 Å². The van der Waals surface area contributed by atoms with E-state index in [0.29, 0.717) is 11.1 Å². The van der Waals surface area contributed by atoms with E-state index in [-0.39, 0.29) is 34.5 Å². The van der Waals surface area contributed by atoms with Crippen LogP contribution in [0.5, 0.6) is 5.75 Å². The highest BCUT2D eigenvalue weighted by atomic mass is 127. The minimum atomic E-state index is -4.19. The van der Waals surface area contributed by atoms with E-state index >= 15 is 4.39 Å². The Labute approximate surface area is 227 Å². The first-order valence-corrected chi connectivity index (χ1v) is 14.3. The van der Waals surface area contributed by atoms with Crippen LogP contribution in [-0.4, -0.2) is 33.5 Å². The molecule has 2 aliphatic rings. The van der Waals surface area contributed by atoms with Crippen LogP contribution in [0.2, 0.25) is 0 Å². The predicted molar refractivity (Wildman–Crippen MR) is 141 cm³/mol. The summed E-state index contributed by atoms with van der Waals surface area (Å²) in [6, 6.07) is 1.74. The Morgan fingerprint density at radius 1 is 1.22 bits per heavy atom. The maximum absolute atomic E-state index is 15.4. The van der Waals surface area contributed by atoms with Crippen LogP contribution in [-0.2, 0) is 35.8 Å². The summed E-state index contributed by atoms with van der Waals surface area (Å²) in [6.45, 7) is 10.9. The molecule has 0 radical (unpaired) electrons. The van der Waals surface area contributed by atoms with Gasteiger partial charge < -0.3 is 14.4 Å². The van der Waals surface area contributed by atoms with Gasteiger partial charge in [0.15, 0.2) is 0 Å². The van der Waals surface area contributed by atoms with Gasteiger partial charge in [0, 0.05) is 18.2 Å². The van der Waals surface area contributed by atoms with Gasteiger partial charge in [0.1, 0.15) is 23.9 Å². The van der Waals surface area contributed by atoms with Crippen LogP contribution in [0.1, 0.15) is 70.9 Å². The van der Waals surface area contributed by atoms with E-state index in [4.69, 9.17) is 18.3 Å². The number of phosphoric acid groups is 1. The second-order valence-corrected chi connectivity index (χ2v) is 14.0. The van der Waals surface area contributed by atoms with Gasteiger partial charge >= 0.3 is 13.5 Å². The molecule has 37 heavy (non-hydrogen) atoms. The zero-order valence-corrected chi connectivity index (χ0v) is 24.5. The predicted octanol–water partition coefficient (Wildman–Crippen LogP) is 4.26. The molecule has 10 nitrogen and oxygen atoms in total. The van der Waals surface area contributed by atoms with Crippen LogP contribution in [0.4, 0.5) is 4.39 Å². The zero-order chi connectivity index (χ0) is 27.5. The molecule has 2 N–H and O–H groups in total. The van der Waals surface area contributed by atoms with Crippen LogP contribution < -0.4 is 15.8 Å². The lowest BCUT2D eigenvalue weighted by atomic mass is 9.78. The molecule has 0 aliphatic carbocycles. The van der Waals surface area contributed by atoms with Crippen LogP contribution in [0.3, 0.4) is 0 Å². The van der Waals surface area contributed by atoms with E-state index in [9.17, 15) is 19.3 Å². The number of halogens is 2. The van der Waals surface area contributed by atoms with Gasteiger partial charge in [-0.3, -0.25) is 23.4 Å². The van der Waals surface area contributed by atoms with Crippen molar-refractivity contribution >= 4 is 30.4 Å². The minimum absolute atomic E-state index is 0.0415. The molecule has 13 heteroatoms. The number of hydrogen-bond acceptors (Lipinski definition) is 8. The second kappa shape index (κ2) is 9.87. The Balaban J connectivity index is 1.55. The number of phosphoric ester groups is 1.